The SMILES string of the molecule is CC(C)C(C)(C)C[C@H](NC(=O)Oc1ccsc1)C(=O)N[C@@H]1C(=O)CO[C@H]1C. The third-order valence-corrected chi connectivity index (χ3v) is 5.87. The van der Waals surface area contributed by atoms with Crippen LogP contribution in [0.2, 0.25) is 0 Å². The Morgan fingerprint density at radius 2 is 2.11 bits per heavy atom. The van der Waals surface area contributed by atoms with E-state index >= 15 is 0 Å². The van der Waals surface area contributed by atoms with Gasteiger partial charge in [0.1, 0.15) is 24.4 Å². The summed E-state index contributed by atoms with van der Waals surface area (Å²) in [4.78, 5) is 37.0. The molecule has 150 valence electrons. The number of rotatable bonds is 7. The highest BCUT2D eigenvalue weighted by Crippen LogP contribution is 2.31. The maximum absolute atomic E-state index is 12.8. The van der Waals surface area contributed by atoms with E-state index in [4.69, 9.17) is 9.47 Å². The zero-order valence-electron chi connectivity index (χ0n) is 16.4. The molecule has 1 aromatic heterocycles. The zero-order chi connectivity index (χ0) is 20.2. The number of carbonyl (C=O) groups excluding carboxylic acids is 3. The number of thiophene rings is 1. The van der Waals surface area contributed by atoms with Crippen LogP contribution in [0.4, 0.5) is 4.79 Å². The predicted molar refractivity (Wildman–Crippen MR) is 103 cm³/mol. The fourth-order valence-electron chi connectivity index (χ4n) is 2.67. The summed E-state index contributed by atoms with van der Waals surface area (Å²) < 4.78 is 10.5. The molecule has 0 spiro atoms. The average Bonchev–Trinajstić information content (AvgIpc) is 3.18. The van der Waals surface area contributed by atoms with Gasteiger partial charge in [-0.05, 0) is 36.1 Å². The van der Waals surface area contributed by atoms with Gasteiger partial charge in [0, 0.05) is 5.38 Å². The Labute approximate surface area is 163 Å². The molecule has 0 aromatic carbocycles. The number of carbonyl (C=O) groups is 3. The first-order valence-corrected chi connectivity index (χ1v) is 9.99. The number of nitrogens with one attached hydrogen (secondary N) is 2. The van der Waals surface area contributed by atoms with Crippen LogP contribution in [-0.4, -0.2) is 42.6 Å². The maximum atomic E-state index is 12.8. The van der Waals surface area contributed by atoms with Crippen molar-refractivity contribution in [3.8, 4) is 5.75 Å². The third-order valence-electron chi connectivity index (χ3n) is 5.21. The molecule has 2 rings (SSSR count). The first-order chi connectivity index (χ1) is 12.6. The van der Waals surface area contributed by atoms with Gasteiger partial charge in [0.2, 0.25) is 5.91 Å². The molecule has 2 N–H and O–H groups in total. The second-order valence-corrected chi connectivity index (χ2v) is 8.64. The molecule has 0 aliphatic carbocycles. The topological polar surface area (TPSA) is 93.7 Å². The minimum atomic E-state index is -0.825. The van der Waals surface area contributed by atoms with E-state index in [1.165, 1.54) is 11.3 Å². The number of ketones is 1. The van der Waals surface area contributed by atoms with Crippen molar-refractivity contribution in [3.05, 3.63) is 16.8 Å². The summed E-state index contributed by atoms with van der Waals surface area (Å²) in [6.07, 6.45) is -0.682. The van der Waals surface area contributed by atoms with Gasteiger partial charge in [0.15, 0.2) is 5.78 Å². The summed E-state index contributed by atoms with van der Waals surface area (Å²) in [6.45, 7) is 9.93. The molecule has 1 aliphatic rings. The van der Waals surface area contributed by atoms with Crippen molar-refractivity contribution in [1.29, 1.82) is 0 Å². The molecule has 3 atom stereocenters. The highest BCUT2D eigenvalue weighted by Gasteiger charge is 2.37. The van der Waals surface area contributed by atoms with Crippen LogP contribution in [0.25, 0.3) is 0 Å². The Morgan fingerprint density at radius 3 is 2.63 bits per heavy atom. The zero-order valence-corrected chi connectivity index (χ0v) is 17.2. The van der Waals surface area contributed by atoms with Gasteiger partial charge >= 0.3 is 6.09 Å². The molecule has 2 amide bonds. The lowest BCUT2D eigenvalue weighted by molar-refractivity contribution is -0.128. The number of ether oxygens (including phenoxy) is 2. The van der Waals surface area contributed by atoms with Crippen LogP contribution >= 0.6 is 11.3 Å². The molecule has 0 radical (unpaired) electrons. The molecular weight excluding hydrogens is 368 g/mol. The quantitative estimate of drug-likeness (QED) is 0.739. The molecule has 7 nitrogen and oxygen atoms in total. The van der Waals surface area contributed by atoms with Crippen molar-refractivity contribution in [2.45, 2.75) is 59.2 Å². The maximum Gasteiger partial charge on any atom is 0.413 e. The van der Waals surface area contributed by atoms with E-state index < -0.39 is 30.2 Å². The van der Waals surface area contributed by atoms with Gasteiger partial charge in [-0.1, -0.05) is 27.7 Å². The summed E-state index contributed by atoms with van der Waals surface area (Å²) in [5.41, 5.74) is -0.209. The minimum absolute atomic E-state index is 0.0120. The number of hydrogen-bond acceptors (Lipinski definition) is 6. The van der Waals surface area contributed by atoms with Crippen LogP contribution in [0.1, 0.15) is 41.0 Å². The highest BCUT2D eigenvalue weighted by atomic mass is 32.1. The molecule has 1 saturated heterocycles. The minimum Gasteiger partial charge on any atom is -0.409 e. The third kappa shape index (κ3) is 5.77. The van der Waals surface area contributed by atoms with E-state index in [1.807, 2.05) is 13.8 Å². The van der Waals surface area contributed by atoms with Crippen molar-refractivity contribution in [2.24, 2.45) is 11.3 Å². The molecule has 0 saturated carbocycles. The van der Waals surface area contributed by atoms with E-state index in [2.05, 4.69) is 24.5 Å². The lowest BCUT2D eigenvalue weighted by Crippen LogP contribution is -2.54. The van der Waals surface area contributed by atoms with Crippen molar-refractivity contribution in [1.82, 2.24) is 10.6 Å². The van der Waals surface area contributed by atoms with E-state index in [1.54, 1.807) is 23.8 Å². The fourth-order valence-corrected chi connectivity index (χ4v) is 3.23. The Kier molecular flexibility index (Phi) is 7.00. The van der Waals surface area contributed by atoms with Crippen LogP contribution in [0, 0.1) is 11.3 Å². The average molecular weight is 397 g/mol. The van der Waals surface area contributed by atoms with Gasteiger partial charge in [-0.25, -0.2) is 4.79 Å². The lowest BCUT2D eigenvalue weighted by atomic mass is 9.76. The summed E-state index contributed by atoms with van der Waals surface area (Å²) >= 11 is 1.41. The number of hydrogen-bond donors (Lipinski definition) is 2. The molecule has 1 fully saturated rings. The number of Topliss-reactive ketones (excluding diaryl/α,β-unsaturated/α-hetero) is 1. The first-order valence-electron chi connectivity index (χ1n) is 9.05. The van der Waals surface area contributed by atoms with E-state index in [9.17, 15) is 14.4 Å². The summed E-state index contributed by atoms with van der Waals surface area (Å²) in [6, 6.07) is 0.152. The molecule has 2 heterocycles. The Bertz CT molecular complexity index is 672. The van der Waals surface area contributed by atoms with Crippen LogP contribution in [-0.2, 0) is 14.3 Å². The van der Waals surface area contributed by atoms with Crippen molar-refractivity contribution >= 4 is 29.1 Å². The monoisotopic (exact) mass is 396 g/mol. The van der Waals surface area contributed by atoms with Gasteiger partial charge < -0.3 is 20.1 Å². The van der Waals surface area contributed by atoms with Crippen molar-refractivity contribution in [2.75, 3.05) is 6.61 Å². The summed E-state index contributed by atoms with van der Waals surface area (Å²) in [5, 5.41) is 8.86. The van der Waals surface area contributed by atoms with E-state index in [-0.39, 0.29) is 23.7 Å². The van der Waals surface area contributed by atoms with Gasteiger partial charge in [-0.3, -0.25) is 9.59 Å². The van der Waals surface area contributed by atoms with Crippen molar-refractivity contribution in [3.63, 3.8) is 0 Å². The van der Waals surface area contributed by atoms with E-state index in [0.29, 0.717) is 12.2 Å². The van der Waals surface area contributed by atoms with Gasteiger partial charge in [-0.2, -0.15) is 0 Å². The summed E-state index contributed by atoms with van der Waals surface area (Å²) in [7, 11) is 0. The summed E-state index contributed by atoms with van der Waals surface area (Å²) in [5.74, 6) is 0.130. The highest BCUT2D eigenvalue weighted by molar-refractivity contribution is 7.08. The molecule has 0 bridgehead atoms. The van der Waals surface area contributed by atoms with Crippen LogP contribution in [0.3, 0.4) is 0 Å². The van der Waals surface area contributed by atoms with Gasteiger partial charge in [0.05, 0.1) is 6.10 Å². The molecule has 1 aromatic rings. The van der Waals surface area contributed by atoms with E-state index in [0.717, 1.165) is 0 Å². The normalized spacial score (nSPS) is 21.2. The molecule has 8 heteroatoms. The van der Waals surface area contributed by atoms with Crippen LogP contribution in [0.15, 0.2) is 16.8 Å². The lowest BCUT2D eigenvalue weighted by Gasteiger charge is -2.33. The Morgan fingerprint density at radius 1 is 1.41 bits per heavy atom. The predicted octanol–water partition coefficient (Wildman–Crippen LogP) is 2.75. The van der Waals surface area contributed by atoms with Gasteiger partial charge in [0.25, 0.3) is 0 Å². The van der Waals surface area contributed by atoms with Gasteiger partial charge in [-0.15, -0.1) is 11.3 Å². The largest absolute Gasteiger partial charge is 0.413 e. The standard InChI is InChI=1S/C19H28N2O5S/c1-11(2)19(4,5)8-14(20-18(24)26-13-6-7-27-10-13)17(23)21-16-12(3)25-9-15(16)22/h6-7,10-12,14,16H,8-9H2,1-5H3,(H,20,24)(H,21,23)/t12-,14-,16-/m0/s1. The molecule has 27 heavy (non-hydrogen) atoms. The van der Waals surface area contributed by atoms with Crippen molar-refractivity contribution < 1.29 is 23.9 Å². The van der Waals surface area contributed by atoms with Crippen LogP contribution in [0.5, 0.6) is 5.75 Å². The fraction of sp³-hybridized carbons (Fsp3) is 0.632. The smallest absolute Gasteiger partial charge is 0.409 e. The van der Waals surface area contributed by atoms with Crippen LogP contribution < -0.4 is 15.4 Å². The molecule has 0 unspecified atom stereocenters. The molecular formula is C19H28N2O5S. The first kappa shape index (κ1) is 21.4. The number of amides is 2. The Balaban J connectivity index is 2.09. The molecule has 1 aliphatic heterocycles. The Hall–Kier alpha value is -1.93. The second kappa shape index (κ2) is 8.84. The second-order valence-electron chi connectivity index (χ2n) is 7.86.